The highest BCUT2D eigenvalue weighted by Gasteiger charge is 2.21. The molecule has 0 aliphatic carbocycles. The molecule has 0 radical (unpaired) electrons. The minimum absolute atomic E-state index is 0.0811. The number of benzene rings is 1. The van der Waals surface area contributed by atoms with Crippen molar-refractivity contribution in [3.63, 3.8) is 0 Å². The fourth-order valence-corrected chi connectivity index (χ4v) is 2.69. The first-order valence-electron chi connectivity index (χ1n) is 6.79. The number of aryl methyl sites for hydroxylation is 1. The maximum absolute atomic E-state index is 14.6. The fourth-order valence-electron chi connectivity index (χ4n) is 2.23. The van der Waals surface area contributed by atoms with Crippen molar-refractivity contribution in [1.29, 1.82) is 5.26 Å². The Balaban J connectivity index is 2.87. The maximum atomic E-state index is 14.6. The molecule has 0 aliphatic rings. The molecule has 0 saturated carbocycles. The Bertz CT molecular complexity index is 841. The lowest BCUT2D eigenvalue weighted by Gasteiger charge is -2.21. The van der Waals surface area contributed by atoms with Crippen LogP contribution in [0.4, 0.5) is 4.39 Å². The molecule has 0 atom stereocenters. The summed E-state index contributed by atoms with van der Waals surface area (Å²) in [6.07, 6.45) is 0. The number of pyridine rings is 1. The highest BCUT2D eigenvalue weighted by molar-refractivity contribution is 9.10. The van der Waals surface area contributed by atoms with E-state index in [0.29, 0.717) is 15.7 Å². The topological polar surface area (TPSA) is 56.6 Å². The summed E-state index contributed by atoms with van der Waals surface area (Å²) in [5.41, 5.74) is 1.29. The van der Waals surface area contributed by atoms with E-state index >= 15 is 0 Å². The summed E-state index contributed by atoms with van der Waals surface area (Å²) >= 11 is 3.23. The van der Waals surface area contributed by atoms with E-state index in [0.717, 1.165) is 5.56 Å². The van der Waals surface area contributed by atoms with Crippen molar-refractivity contribution in [3.8, 4) is 17.2 Å². The zero-order chi connectivity index (χ0) is 16.7. The molecule has 5 heteroatoms. The predicted octanol–water partition coefficient (Wildman–Crippen LogP) is 4.42. The van der Waals surface area contributed by atoms with Gasteiger partial charge in [0.25, 0.3) is 5.56 Å². The van der Waals surface area contributed by atoms with Crippen LogP contribution in [0.3, 0.4) is 0 Å². The van der Waals surface area contributed by atoms with Gasteiger partial charge in [0.2, 0.25) is 0 Å². The van der Waals surface area contributed by atoms with Gasteiger partial charge >= 0.3 is 0 Å². The molecule has 2 aromatic rings. The third-order valence-electron chi connectivity index (χ3n) is 3.46. The summed E-state index contributed by atoms with van der Waals surface area (Å²) in [5, 5.41) is 9.24. The van der Waals surface area contributed by atoms with Crippen LogP contribution < -0.4 is 5.56 Å². The van der Waals surface area contributed by atoms with Gasteiger partial charge in [-0.25, -0.2) is 4.39 Å². The molecule has 0 spiro atoms. The number of hydrogen-bond acceptors (Lipinski definition) is 2. The first-order chi connectivity index (χ1) is 10.1. The molecule has 1 heterocycles. The normalized spacial score (nSPS) is 11.3. The lowest BCUT2D eigenvalue weighted by Crippen LogP contribution is -2.15. The third-order valence-corrected chi connectivity index (χ3v) is 4.04. The molecule has 1 aromatic heterocycles. The van der Waals surface area contributed by atoms with Gasteiger partial charge in [-0.15, -0.1) is 0 Å². The Morgan fingerprint density at radius 3 is 2.41 bits per heavy atom. The largest absolute Gasteiger partial charge is 0.325 e. The number of rotatable bonds is 1. The summed E-state index contributed by atoms with van der Waals surface area (Å²) < 4.78 is 14.9. The van der Waals surface area contributed by atoms with Gasteiger partial charge in [-0.3, -0.25) is 4.79 Å². The Labute approximate surface area is 136 Å². The smallest absolute Gasteiger partial charge is 0.266 e. The van der Waals surface area contributed by atoms with Crippen molar-refractivity contribution in [2.75, 3.05) is 0 Å². The van der Waals surface area contributed by atoms with Gasteiger partial charge in [0.1, 0.15) is 17.4 Å². The van der Waals surface area contributed by atoms with E-state index in [-0.39, 0.29) is 16.5 Å². The van der Waals surface area contributed by atoms with E-state index in [2.05, 4.69) is 20.9 Å². The fraction of sp³-hybridized carbons (Fsp3) is 0.294. The highest BCUT2D eigenvalue weighted by atomic mass is 79.9. The average Bonchev–Trinajstić information content (AvgIpc) is 2.39. The van der Waals surface area contributed by atoms with Crippen LogP contribution in [0, 0.1) is 24.1 Å². The average molecular weight is 363 g/mol. The second-order valence-electron chi connectivity index (χ2n) is 6.25. The summed E-state index contributed by atoms with van der Waals surface area (Å²) in [6.45, 7) is 7.76. The highest BCUT2D eigenvalue weighted by Crippen LogP contribution is 2.35. The number of nitriles is 1. The molecule has 1 N–H and O–H groups in total. The number of nitrogens with one attached hydrogen (secondary N) is 1. The number of nitrogens with zero attached hydrogens (tertiary/aromatic N) is 1. The number of H-pyrrole nitrogens is 1. The van der Waals surface area contributed by atoms with E-state index in [9.17, 15) is 14.4 Å². The summed E-state index contributed by atoms with van der Waals surface area (Å²) in [4.78, 5) is 14.5. The van der Waals surface area contributed by atoms with Gasteiger partial charge in [0.05, 0.1) is 4.47 Å². The van der Waals surface area contributed by atoms with E-state index < -0.39 is 11.4 Å². The second kappa shape index (κ2) is 5.69. The van der Waals surface area contributed by atoms with Gasteiger partial charge in [-0.1, -0.05) is 20.8 Å². The summed E-state index contributed by atoms with van der Waals surface area (Å²) in [5.74, 6) is -0.477. The van der Waals surface area contributed by atoms with Crippen molar-refractivity contribution in [2.45, 2.75) is 33.1 Å². The molecule has 0 unspecified atom stereocenters. The van der Waals surface area contributed by atoms with Crippen molar-refractivity contribution >= 4 is 15.9 Å². The lowest BCUT2D eigenvalue weighted by atomic mass is 9.85. The van der Waals surface area contributed by atoms with E-state index in [1.807, 2.05) is 26.8 Å². The second-order valence-corrected chi connectivity index (χ2v) is 7.11. The van der Waals surface area contributed by atoms with Gasteiger partial charge in [-0.05, 0) is 52.0 Å². The number of hydrogen-bond donors (Lipinski definition) is 1. The maximum Gasteiger partial charge on any atom is 0.266 e. The molecule has 0 saturated heterocycles. The molecular formula is C17H16BrFN2O. The Morgan fingerprint density at radius 2 is 1.86 bits per heavy atom. The predicted molar refractivity (Wildman–Crippen MR) is 88.3 cm³/mol. The van der Waals surface area contributed by atoms with E-state index in [1.54, 1.807) is 25.1 Å². The molecule has 114 valence electrons. The van der Waals surface area contributed by atoms with Gasteiger partial charge in [0, 0.05) is 16.8 Å². The molecule has 3 nitrogen and oxygen atoms in total. The molecule has 0 aliphatic heterocycles. The monoisotopic (exact) mass is 362 g/mol. The van der Waals surface area contributed by atoms with Crippen molar-refractivity contribution in [1.82, 2.24) is 4.98 Å². The third kappa shape index (κ3) is 2.97. The minimum atomic E-state index is -0.505. The first kappa shape index (κ1) is 16.4. The lowest BCUT2D eigenvalue weighted by molar-refractivity contribution is 0.581. The Kier molecular flexibility index (Phi) is 4.25. The number of aromatic amines is 1. The summed E-state index contributed by atoms with van der Waals surface area (Å²) in [6, 6.07) is 6.92. The van der Waals surface area contributed by atoms with Crippen LogP contribution in [-0.4, -0.2) is 4.98 Å². The molecule has 2 rings (SSSR count). The van der Waals surface area contributed by atoms with Crippen molar-refractivity contribution in [2.24, 2.45) is 0 Å². The van der Waals surface area contributed by atoms with Gasteiger partial charge in [-0.2, -0.15) is 5.26 Å². The van der Waals surface area contributed by atoms with Crippen LogP contribution in [0.1, 0.15) is 37.6 Å². The van der Waals surface area contributed by atoms with Crippen LogP contribution in [0.2, 0.25) is 0 Å². The van der Waals surface area contributed by atoms with Crippen LogP contribution in [-0.2, 0) is 5.41 Å². The Hall–Kier alpha value is -1.93. The van der Waals surface area contributed by atoms with E-state index in [1.165, 1.54) is 0 Å². The molecule has 0 fully saturated rings. The van der Waals surface area contributed by atoms with Gasteiger partial charge < -0.3 is 4.98 Å². The molecule has 22 heavy (non-hydrogen) atoms. The number of halogens is 2. The standard InChI is InChI=1S/C17H16BrFN2O/c1-9-5-11(13(8-20)16(22)21-9)12-6-10(17(2,3)4)7-14(18)15(12)19/h5-7H,1-4H3,(H,21,22). The van der Waals surface area contributed by atoms with Gasteiger partial charge in [0.15, 0.2) is 0 Å². The Morgan fingerprint density at radius 1 is 1.23 bits per heavy atom. The minimum Gasteiger partial charge on any atom is -0.325 e. The molecule has 1 aromatic carbocycles. The number of aromatic nitrogens is 1. The van der Waals surface area contributed by atoms with Crippen molar-refractivity contribution in [3.05, 3.63) is 55.7 Å². The zero-order valence-electron chi connectivity index (χ0n) is 12.8. The van der Waals surface area contributed by atoms with Crippen LogP contribution in [0.15, 0.2) is 27.5 Å². The first-order valence-corrected chi connectivity index (χ1v) is 7.58. The molecule has 0 bridgehead atoms. The van der Waals surface area contributed by atoms with Crippen LogP contribution in [0.5, 0.6) is 0 Å². The van der Waals surface area contributed by atoms with Crippen LogP contribution >= 0.6 is 15.9 Å². The van der Waals surface area contributed by atoms with Crippen LogP contribution in [0.25, 0.3) is 11.1 Å². The quantitative estimate of drug-likeness (QED) is 0.815. The summed E-state index contributed by atoms with van der Waals surface area (Å²) in [7, 11) is 0. The van der Waals surface area contributed by atoms with Crippen molar-refractivity contribution < 1.29 is 4.39 Å². The molecule has 0 amide bonds. The molecular weight excluding hydrogens is 347 g/mol. The SMILES string of the molecule is Cc1cc(-c2cc(C(C)(C)C)cc(Br)c2F)c(C#N)c(=O)[nH]1. The zero-order valence-corrected chi connectivity index (χ0v) is 14.4. The van der Waals surface area contributed by atoms with E-state index in [4.69, 9.17) is 0 Å².